The van der Waals surface area contributed by atoms with Gasteiger partial charge in [0.2, 0.25) is 5.91 Å². The topological polar surface area (TPSA) is 66.5 Å². The summed E-state index contributed by atoms with van der Waals surface area (Å²) >= 11 is 5.96. The smallest absolute Gasteiger partial charge is 0.261 e. The van der Waals surface area contributed by atoms with Gasteiger partial charge in [0.25, 0.3) is 10.0 Å². The molecule has 7 heteroatoms. The molecule has 1 amide bonds. The Morgan fingerprint density at radius 1 is 1.16 bits per heavy atom. The van der Waals surface area contributed by atoms with E-state index in [2.05, 4.69) is 4.72 Å². The van der Waals surface area contributed by atoms with E-state index in [0.29, 0.717) is 23.8 Å². The first-order valence-corrected chi connectivity index (χ1v) is 9.79. The van der Waals surface area contributed by atoms with Gasteiger partial charge in [-0.05, 0) is 54.3 Å². The summed E-state index contributed by atoms with van der Waals surface area (Å²) in [4.78, 5) is 13.5. The Kier molecular flexibility index (Phi) is 4.75. The lowest BCUT2D eigenvalue weighted by atomic mass is 10.00. The average Bonchev–Trinajstić information content (AvgIpc) is 2.57. The number of anilines is 1. The second kappa shape index (κ2) is 6.69. The molecule has 0 saturated carbocycles. The van der Waals surface area contributed by atoms with Gasteiger partial charge in [0.1, 0.15) is 0 Å². The van der Waals surface area contributed by atoms with Crippen LogP contribution in [0, 0.1) is 6.92 Å². The number of sulfonamides is 1. The van der Waals surface area contributed by atoms with Gasteiger partial charge >= 0.3 is 0 Å². The molecule has 1 aliphatic heterocycles. The van der Waals surface area contributed by atoms with E-state index in [1.165, 1.54) is 6.92 Å². The van der Waals surface area contributed by atoms with Crippen LogP contribution in [0.25, 0.3) is 0 Å². The van der Waals surface area contributed by atoms with E-state index in [-0.39, 0.29) is 10.8 Å². The Balaban J connectivity index is 1.92. The molecule has 0 fully saturated rings. The van der Waals surface area contributed by atoms with E-state index in [1.54, 1.807) is 35.2 Å². The van der Waals surface area contributed by atoms with Crippen LogP contribution in [0.2, 0.25) is 5.02 Å². The molecule has 25 heavy (non-hydrogen) atoms. The van der Waals surface area contributed by atoms with E-state index in [4.69, 9.17) is 11.6 Å². The molecule has 2 aromatic carbocycles. The molecule has 0 unspecified atom stereocenters. The molecule has 5 nitrogen and oxygen atoms in total. The molecule has 1 aliphatic rings. The number of carbonyl (C=O) groups excluding carboxylic acids is 1. The fourth-order valence-corrected chi connectivity index (χ4v) is 4.22. The molecule has 0 spiro atoms. The Labute approximate surface area is 152 Å². The molecular formula is C18H19ClN2O3S. The number of carbonyl (C=O) groups is 1. The first-order valence-electron chi connectivity index (χ1n) is 7.92. The van der Waals surface area contributed by atoms with Gasteiger partial charge in [-0.1, -0.05) is 23.7 Å². The molecule has 0 saturated heterocycles. The number of hydrogen-bond acceptors (Lipinski definition) is 3. The second-order valence-corrected chi connectivity index (χ2v) is 8.30. The van der Waals surface area contributed by atoms with E-state index < -0.39 is 10.0 Å². The van der Waals surface area contributed by atoms with Crippen LogP contribution in [0.3, 0.4) is 0 Å². The lowest BCUT2D eigenvalue weighted by molar-refractivity contribution is -0.129. The molecule has 0 radical (unpaired) electrons. The predicted molar refractivity (Wildman–Crippen MR) is 98.2 cm³/mol. The summed E-state index contributed by atoms with van der Waals surface area (Å²) in [5.41, 5.74) is 3.19. The van der Waals surface area contributed by atoms with Crippen LogP contribution < -0.4 is 4.72 Å². The van der Waals surface area contributed by atoms with Gasteiger partial charge in [-0.2, -0.15) is 0 Å². The van der Waals surface area contributed by atoms with E-state index >= 15 is 0 Å². The Morgan fingerprint density at radius 2 is 1.92 bits per heavy atom. The van der Waals surface area contributed by atoms with Crippen LogP contribution in [0.5, 0.6) is 0 Å². The number of fused-ring (bicyclic) bond motifs is 1. The Hall–Kier alpha value is -2.05. The van der Waals surface area contributed by atoms with Crippen molar-refractivity contribution in [2.75, 3.05) is 11.3 Å². The predicted octanol–water partition coefficient (Wildman–Crippen LogP) is 3.35. The van der Waals surface area contributed by atoms with Crippen LogP contribution in [-0.2, 0) is 27.8 Å². The molecular weight excluding hydrogens is 360 g/mol. The summed E-state index contributed by atoms with van der Waals surface area (Å²) in [6, 6.07) is 10.1. The monoisotopic (exact) mass is 378 g/mol. The van der Waals surface area contributed by atoms with Crippen LogP contribution in [0.4, 0.5) is 5.69 Å². The standard InChI is InChI=1S/C18H19ClN2O3S/c1-12-3-5-16(19)10-18(12)20-25(23,24)17-6-4-14-7-8-21(13(2)22)11-15(14)9-17/h3-6,9-10,20H,7-8,11H2,1-2H3. The van der Waals surface area contributed by atoms with Crippen LogP contribution in [0.15, 0.2) is 41.3 Å². The molecule has 1 N–H and O–H groups in total. The van der Waals surface area contributed by atoms with Gasteiger partial charge in [0, 0.05) is 25.0 Å². The third-order valence-corrected chi connectivity index (χ3v) is 5.99. The summed E-state index contributed by atoms with van der Waals surface area (Å²) in [5.74, 6) is -0.00779. The average molecular weight is 379 g/mol. The SMILES string of the molecule is CC(=O)N1CCc2ccc(S(=O)(=O)Nc3cc(Cl)ccc3C)cc2C1. The van der Waals surface area contributed by atoms with Crippen molar-refractivity contribution >= 4 is 33.2 Å². The number of benzene rings is 2. The number of aryl methyl sites for hydroxylation is 1. The largest absolute Gasteiger partial charge is 0.338 e. The van der Waals surface area contributed by atoms with Gasteiger partial charge in [-0.3, -0.25) is 9.52 Å². The zero-order valence-electron chi connectivity index (χ0n) is 14.0. The summed E-state index contributed by atoms with van der Waals surface area (Å²) in [6.45, 7) is 4.43. The number of rotatable bonds is 3. The van der Waals surface area contributed by atoms with Crippen LogP contribution >= 0.6 is 11.6 Å². The maximum atomic E-state index is 12.7. The molecule has 0 aliphatic carbocycles. The molecule has 0 aromatic heterocycles. The second-order valence-electron chi connectivity index (χ2n) is 6.19. The minimum atomic E-state index is -3.74. The summed E-state index contributed by atoms with van der Waals surface area (Å²) in [6.07, 6.45) is 0.732. The summed E-state index contributed by atoms with van der Waals surface area (Å²) < 4.78 is 28.1. The normalized spacial score (nSPS) is 14.1. The van der Waals surface area contributed by atoms with Crippen molar-refractivity contribution in [1.82, 2.24) is 4.90 Å². The van der Waals surface area contributed by atoms with Crippen molar-refractivity contribution in [1.29, 1.82) is 0 Å². The lowest BCUT2D eigenvalue weighted by Crippen LogP contribution is -2.34. The fourth-order valence-electron chi connectivity index (χ4n) is 2.88. The molecule has 132 valence electrons. The third kappa shape index (κ3) is 3.80. The number of amides is 1. The van der Waals surface area contributed by atoms with Crippen molar-refractivity contribution in [3.63, 3.8) is 0 Å². The van der Waals surface area contributed by atoms with Crippen LogP contribution in [0.1, 0.15) is 23.6 Å². The zero-order valence-corrected chi connectivity index (χ0v) is 15.6. The van der Waals surface area contributed by atoms with E-state index in [0.717, 1.165) is 23.1 Å². The molecule has 0 atom stereocenters. The van der Waals surface area contributed by atoms with E-state index in [1.807, 2.05) is 13.0 Å². The van der Waals surface area contributed by atoms with Crippen molar-refractivity contribution in [2.45, 2.75) is 31.7 Å². The van der Waals surface area contributed by atoms with Gasteiger partial charge in [0.05, 0.1) is 10.6 Å². The summed E-state index contributed by atoms with van der Waals surface area (Å²) in [7, 11) is -3.74. The minimum absolute atomic E-state index is 0.00779. The maximum Gasteiger partial charge on any atom is 0.261 e. The van der Waals surface area contributed by atoms with Gasteiger partial charge < -0.3 is 4.90 Å². The van der Waals surface area contributed by atoms with Crippen molar-refractivity contribution in [3.05, 3.63) is 58.1 Å². The minimum Gasteiger partial charge on any atom is -0.338 e. The first kappa shape index (κ1) is 17.8. The third-order valence-electron chi connectivity index (χ3n) is 4.39. The number of nitrogens with one attached hydrogen (secondary N) is 1. The highest BCUT2D eigenvalue weighted by Gasteiger charge is 2.22. The number of nitrogens with zero attached hydrogens (tertiary/aromatic N) is 1. The number of hydrogen-bond donors (Lipinski definition) is 1. The van der Waals surface area contributed by atoms with E-state index in [9.17, 15) is 13.2 Å². The molecule has 3 rings (SSSR count). The molecule has 1 heterocycles. The van der Waals surface area contributed by atoms with Gasteiger partial charge in [-0.15, -0.1) is 0 Å². The van der Waals surface area contributed by atoms with Crippen LogP contribution in [-0.4, -0.2) is 25.8 Å². The highest BCUT2D eigenvalue weighted by molar-refractivity contribution is 7.92. The number of halogens is 1. The van der Waals surface area contributed by atoms with Crippen molar-refractivity contribution in [2.24, 2.45) is 0 Å². The fraction of sp³-hybridized carbons (Fsp3) is 0.278. The summed E-state index contributed by atoms with van der Waals surface area (Å²) in [5, 5.41) is 0.464. The first-order chi connectivity index (χ1) is 11.8. The maximum absolute atomic E-state index is 12.7. The Bertz CT molecular complexity index is 941. The Morgan fingerprint density at radius 3 is 2.64 bits per heavy atom. The molecule has 0 bridgehead atoms. The van der Waals surface area contributed by atoms with Gasteiger partial charge in [0.15, 0.2) is 0 Å². The highest BCUT2D eigenvalue weighted by atomic mass is 35.5. The highest BCUT2D eigenvalue weighted by Crippen LogP contribution is 2.26. The lowest BCUT2D eigenvalue weighted by Gasteiger charge is -2.28. The molecule has 2 aromatic rings. The van der Waals surface area contributed by atoms with Gasteiger partial charge in [-0.25, -0.2) is 8.42 Å². The van der Waals surface area contributed by atoms with Crippen molar-refractivity contribution < 1.29 is 13.2 Å². The zero-order chi connectivity index (χ0) is 18.2. The van der Waals surface area contributed by atoms with Crippen molar-refractivity contribution in [3.8, 4) is 0 Å². The quantitative estimate of drug-likeness (QED) is 0.890.